The molecule has 8 heteroatoms. The summed E-state index contributed by atoms with van der Waals surface area (Å²) in [7, 11) is 3.39. The number of fused-ring (bicyclic) bond motifs is 1. The molecule has 0 spiro atoms. The molecule has 1 fully saturated rings. The average molecular weight is 383 g/mol. The molecule has 2 aromatic carbocycles. The molecule has 0 aliphatic carbocycles. The Labute approximate surface area is 159 Å². The number of carbonyl (C=O) groups excluding carboxylic acids is 2. The third-order valence-corrected chi connectivity index (χ3v) is 4.82. The molecule has 3 aromatic rings. The van der Waals surface area contributed by atoms with Crippen LogP contribution in [0.1, 0.15) is 5.56 Å². The van der Waals surface area contributed by atoms with Gasteiger partial charge in [0.25, 0.3) is 5.91 Å². The van der Waals surface area contributed by atoms with Gasteiger partial charge in [-0.1, -0.05) is 17.7 Å². The number of imide groups is 1. The summed E-state index contributed by atoms with van der Waals surface area (Å²) in [6, 6.07) is 11.3. The maximum Gasteiger partial charge on any atom is 0.333 e. The zero-order valence-corrected chi connectivity index (χ0v) is 15.3. The van der Waals surface area contributed by atoms with Crippen molar-refractivity contribution in [3.05, 3.63) is 69.2 Å². The standard InChI is InChI=1S/C19H15ClN4O3/c1-22-15-8-3-11(10-16(15)23(2)19(22)27)9-14-17(25)24(18(26)21-14)13-6-4-12(20)5-7-13/h3-10H,1-2H3,(H,21,26)/b14-9+. The molecular formula is C19H15ClN4O3. The summed E-state index contributed by atoms with van der Waals surface area (Å²) in [5.41, 5.74) is 2.69. The number of aromatic nitrogens is 2. The molecule has 0 bridgehead atoms. The second-order valence-corrected chi connectivity index (χ2v) is 6.69. The van der Waals surface area contributed by atoms with Crippen molar-refractivity contribution in [2.75, 3.05) is 4.90 Å². The van der Waals surface area contributed by atoms with Gasteiger partial charge in [-0.2, -0.15) is 0 Å². The van der Waals surface area contributed by atoms with Crippen molar-refractivity contribution in [3.8, 4) is 0 Å². The predicted octanol–water partition coefficient (Wildman–Crippen LogP) is 2.63. The Morgan fingerprint density at radius 1 is 0.926 bits per heavy atom. The van der Waals surface area contributed by atoms with E-state index in [-0.39, 0.29) is 11.4 Å². The van der Waals surface area contributed by atoms with Crippen LogP contribution in [0, 0.1) is 0 Å². The lowest BCUT2D eigenvalue weighted by Gasteiger charge is -2.11. The number of hydrogen-bond acceptors (Lipinski definition) is 3. The fourth-order valence-corrected chi connectivity index (χ4v) is 3.27. The highest BCUT2D eigenvalue weighted by atomic mass is 35.5. The number of nitrogens with one attached hydrogen (secondary N) is 1. The zero-order chi connectivity index (χ0) is 19.3. The van der Waals surface area contributed by atoms with Gasteiger partial charge in [-0.15, -0.1) is 0 Å². The number of rotatable bonds is 2. The Bertz CT molecular complexity index is 1190. The molecule has 27 heavy (non-hydrogen) atoms. The van der Waals surface area contributed by atoms with Crippen molar-refractivity contribution < 1.29 is 9.59 Å². The van der Waals surface area contributed by atoms with Gasteiger partial charge in [-0.25, -0.2) is 14.5 Å². The van der Waals surface area contributed by atoms with Gasteiger partial charge < -0.3 is 5.32 Å². The van der Waals surface area contributed by atoms with E-state index in [9.17, 15) is 14.4 Å². The van der Waals surface area contributed by atoms with E-state index in [1.807, 2.05) is 0 Å². The highest BCUT2D eigenvalue weighted by Gasteiger charge is 2.34. The van der Waals surface area contributed by atoms with Crippen molar-refractivity contribution in [3.63, 3.8) is 0 Å². The summed E-state index contributed by atoms with van der Waals surface area (Å²) in [5.74, 6) is -0.454. The Hall–Kier alpha value is -3.32. The molecule has 0 radical (unpaired) electrons. The molecule has 1 aliphatic rings. The minimum Gasteiger partial charge on any atom is -0.302 e. The van der Waals surface area contributed by atoms with Gasteiger partial charge in [0.1, 0.15) is 5.70 Å². The van der Waals surface area contributed by atoms with Crippen LogP contribution in [0.25, 0.3) is 17.1 Å². The van der Waals surface area contributed by atoms with Crippen molar-refractivity contribution in [1.82, 2.24) is 14.5 Å². The summed E-state index contributed by atoms with van der Waals surface area (Å²) < 4.78 is 3.09. The van der Waals surface area contributed by atoms with Crippen LogP contribution in [0.5, 0.6) is 0 Å². The minimum absolute atomic E-state index is 0.131. The first kappa shape index (κ1) is 17.1. The van der Waals surface area contributed by atoms with Crippen molar-refractivity contribution >= 4 is 46.3 Å². The highest BCUT2D eigenvalue weighted by Crippen LogP contribution is 2.24. The molecule has 3 amide bonds. The van der Waals surface area contributed by atoms with Gasteiger partial charge in [0, 0.05) is 19.1 Å². The summed E-state index contributed by atoms with van der Waals surface area (Å²) in [6.07, 6.45) is 1.59. The van der Waals surface area contributed by atoms with Gasteiger partial charge in [0.05, 0.1) is 16.7 Å². The molecule has 0 atom stereocenters. The lowest BCUT2D eigenvalue weighted by Crippen LogP contribution is -2.30. The van der Waals surface area contributed by atoms with Gasteiger partial charge in [-0.05, 0) is 48.0 Å². The highest BCUT2D eigenvalue weighted by molar-refractivity contribution is 6.31. The molecule has 136 valence electrons. The SMILES string of the molecule is Cn1c(=O)n(C)c2cc(/C=C3/NC(=O)N(c4ccc(Cl)cc4)C3=O)ccc21. The van der Waals surface area contributed by atoms with E-state index in [4.69, 9.17) is 11.6 Å². The molecular weight excluding hydrogens is 368 g/mol. The molecule has 1 N–H and O–H groups in total. The predicted molar refractivity (Wildman–Crippen MR) is 104 cm³/mol. The van der Waals surface area contributed by atoms with Crippen LogP contribution in [0.2, 0.25) is 5.02 Å². The van der Waals surface area contributed by atoms with Gasteiger partial charge in [-0.3, -0.25) is 13.9 Å². The van der Waals surface area contributed by atoms with Crippen LogP contribution < -0.4 is 15.9 Å². The van der Waals surface area contributed by atoms with Crippen LogP contribution in [-0.4, -0.2) is 21.1 Å². The van der Waals surface area contributed by atoms with Crippen LogP contribution in [0.15, 0.2) is 53.0 Å². The minimum atomic E-state index is -0.526. The Morgan fingerprint density at radius 3 is 2.30 bits per heavy atom. The topological polar surface area (TPSA) is 76.3 Å². The number of halogens is 1. The maximum absolute atomic E-state index is 12.7. The van der Waals surface area contributed by atoms with Crippen LogP contribution in [-0.2, 0) is 18.9 Å². The van der Waals surface area contributed by atoms with E-state index < -0.39 is 11.9 Å². The molecule has 0 unspecified atom stereocenters. The Kier molecular flexibility index (Phi) is 3.89. The fraction of sp³-hybridized carbons (Fsp3) is 0.105. The molecule has 7 nitrogen and oxygen atoms in total. The number of nitrogens with zero attached hydrogens (tertiary/aromatic N) is 3. The summed E-state index contributed by atoms with van der Waals surface area (Å²) in [4.78, 5) is 38.0. The third kappa shape index (κ3) is 2.72. The van der Waals surface area contributed by atoms with Gasteiger partial charge >= 0.3 is 11.7 Å². The molecule has 1 saturated heterocycles. The summed E-state index contributed by atoms with van der Waals surface area (Å²) in [6.45, 7) is 0. The maximum atomic E-state index is 12.7. The third-order valence-electron chi connectivity index (χ3n) is 4.57. The second-order valence-electron chi connectivity index (χ2n) is 6.25. The molecule has 2 heterocycles. The zero-order valence-electron chi connectivity index (χ0n) is 14.6. The smallest absolute Gasteiger partial charge is 0.302 e. The Morgan fingerprint density at radius 2 is 1.59 bits per heavy atom. The molecule has 0 saturated carbocycles. The van der Waals surface area contributed by atoms with E-state index in [1.165, 1.54) is 4.57 Å². The van der Waals surface area contributed by atoms with Crippen LogP contribution in [0.4, 0.5) is 10.5 Å². The largest absolute Gasteiger partial charge is 0.333 e. The first-order valence-electron chi connectivity index (χ1n) is 8.15. The number of imidazole rings is 1. The summed E-state index contributed by atoms with van der Waals surface area (Å²) in [5, 5.41) is 3.10. The van der Waals surface area contributed by atoms with E-state index >= 15 is 0 Å². The van der Waals surface area contributed by atoms with Crippen molar-refractivity contribution in [2.45, 2.75) is 0 Å². The number of hydrogen-bond donors (Lipinski definition) is 1. The lowest BCUT2D eigenvalue weighted by atomic mass is 10.1. The average Bonchev–Trinajstić information content (AvgIpc) is 3.04. The van der Waals surface area contributed by atoms with Crippen LogP contribution in [0.3, 0.4) is 0 Å². The Balaban J connectivity index is 1.72. The van der Waals surface area contributed by atoms with Crippen molar-refractivity contribution in [2.24, 2.45) is 14.1 Å². The quantitative estimate of drug-likeness (QED) is 0.546. The molecule has 1 aromatic heterocycles. The number of amides is 3. The van der Waals surface area contributed by atoms with Crippen LogP contribution >= 0.6 is 11.6 Å². The number of anilines is 1. The van der Waals surface area contributed by atoms with E-state index in [0.29, 0.717) is 16.3 Å². The number of benzene rings is 2. The van der Waals surface area contributed by atoms with E-state index in [1.54, 1.807) is 67.2 Å². The number of carbonyl (C=O) groups is 2. The van der Waals surface area contributed by atoms with E-state index in [2.05, 4.69) is 5.32 Å². The second kappa shape index (κ2) is 6.14. The fourth-order valence-electron chi connectivity index (χ4n) is 3.14. The van der Waals surface area contributed by atoms with E-state index in [0.717, 1.165) is 15.9 Å². The first-order chi connectivity index (χ1) is 12.9. The number of aryl methyl sites for hydroxylation is 2. The van der Waals surface area contributed by atoms with Crippen molar-refractivity contribution in [1.29, 1.82) is 0 Å². The summed E-state index contributed by atoms with van der Waals surface area (Å²) >= 11 is 5.86. The lowest BCUT2D eigenvalue weighted by molar-refractivity contribution is -0.113. The normalized spacial score (nSPS) is 15.8. The monoisotopic (exact) mass is 382 g/mol. The van der Waals surface area contributed by atoms with Gasteiger partial charge in [0.2, 0.25) is 0 Å². The molecule has 1 aliphatic heterocycles. The van der Waals surface area contributed by atoms with Gasteiger partial charge in [0.15, 0.2) is 0 Å². The first-order valence-corrected chi connectivity index (χ1v) is 8.53. The number of urea groups is 1. The molecule has 4 rings (SSSR count).